The number of hydrogen-bond acceptors (Lipinski definition) is 4. The number of nitrogens with one attached hydrogen (secondary N) is 1. The van der Waals surface area contributed by atoms with Gasteiger partial charge in [0.15, 0.2) is 5.11 Å². The molecule has 2 heterocycles. The summed E-state index contributed by atoms with van der Waals surface area (Å²) < 4.78 is 7.15. The second-order valence-corrected chi connectivity index (χ2v) is 8.14. The predicted octanol–water partition coefficient (Wildman–Crippen LogP) is 4.93. The van der Waals surface area contributed by atoms with Gasteiger partial charge in [0.05, 0.1) is 22.8 Å². The minimum Gasteiger partial charge on any atom is -0.497 e. The SMILES string of the molecule is COc1ccc(-n2c(C)ccc2/C=C2\C(=O)NC(=S)N(c3cccc(Cl)c3Cl)C2=O)cc1. The summed E-state index contributed by atoms with van der Waals surface area (Å²) in [5.41, 5.74) is 2.64. The van der Waals surface area contributed by atoms with Crippen molar-refractivity contribution >= 4 is 64.1 Å². The highest BCUT2D eigenvalue weighted by atomic mass is 35.5. The lowest BCUT2D eigenvalue weighted by Crippen LogP contribution is -2.54. The number of aryl methyl sites for hydroxylation is 1. The highest BCUT2D eigenvalue weighted by Gasteiger charge is 2.36. The molecule has 0 aliphatic carbocycles. The van der Waals surface area contributed by atoms with Crippen LogP contribution in [-0.2, 0) is 9.59 Å². The normalized spacial score (nSPS) is 15.3. The van der Waals surface area contributed by atoms with Crippen LogP contribution in [-0.4, -0.2) is 28.6 Å². The van der Waals surface area contributed by atoms with Gasteiger partial charge in [0.1, 0.15) is 11.3 Å². The van der Waals surface area contributed by atoms with Gasteiger partial charge in [-0.1, -0.05) is 29.3 Å². The molecular weight excluding hydrogens is 469 g/mol. The van der Waals surface area contributed by atoms with Crippen LogP contribution in [0.2, 0.25) is 10.0 Å². The van der Waals surface area contributed by atoms with Crippen LogP contribution in [0.25, 0.3) is 11.8 Å². The minimum atomic E-state index is -0.594. The molecule has 2 aromatic carbocycles. The van der Waals surface area contributed by atoms with Crippen molar-refractivity contribution in [2.24, 2.45) is 0 Å². The Morgan fingerprint density at radius 1 is 1.03 bits per heavy atom. The molecule has 1 aliphatic rings. The highest BCUT2D eigenvalue weighted by Crippen LogP contribution is 2.34. The first-order valence-electron chi connectivity index (χ1n) is 9.50. The van der Waals surface area contributed by atoms with Crippen LogP contribution in [0.3, 0.4) is 0 Å². The third kappa shape index (κ3) is 3.90. The Kier molecular flexibility index (Phi) is 6.06. The fraction of sp³-hybridized carbons (Fsp3) is 0.0870. The molecule has 0 unspecified atom stereocenters. The van der Waals surface area contributed by atoms with E-state index in [1.165, 1.54) is 11.0 Å². The van der Waals surface area contributed by atoms with Gasteiger partial charge in [0.2, 0.25) is 0 Å². The number of benzene rings is 2. The van der Waals surface area contributed by atoms with Crippen LogP contribution in [0, 0.1) is 6.92 Å². The summed E-state index contributed by atoms with van der Waals surface area (Å²) in [5.74, 6) is -0.458. The van der Waals surface area contributed by atoms with Crippen molar-refractivity contribution < 1.29 is 14.3 Å². The molecule has 0 spiro atoms. The van der Waals surface area contributed by atoms with Gasteiger partial charge in [-0.15, -0.1) is 0 Å². The zero-order chi connectivity index (χ0) is 23.0. The maximum Gasteiger partial charge on any atom is 0.270 e. The summed E-state index contributed by atoms with van der Waals surface area (Å²) in [6.45, 7) is 1.93. The minimum absolute atomic E-state index is 0.0666. The smallest absolute Gasteiger partial charge is 0.270 e. The molecule has 0 saturated carbocycles. The first kappa shape index (κ1) is 22.1. The number of methoxy groups -OCH3 is 1. The van der Waals surface area contributed by atoms with Gasteiger partial charge < -0.3 is 9.30 Å². The van der Waals surface area contributed by atoms with E-state index in [1.54, 1.807) is 25.3 Å². The lowest BCUT2D eigenvalue weighted by atomic mass is 10.1. The summed E-state index contributed by atoms with van der Waals surface area (Å²) in [4.78, 5) is 27.2. The summed E-state index contributed by atoms with van der Waals surface area (Å²) in [6, 6.07) is 16.1. The average molecular weight is 486 g/mol. The van der Waals surface area contributed by atoms with Gasteiger partial charge in [-0.25, -0.2) is 0 Å². The van der Waals surface area contributed by atoms with E-state index in [0.717, 1.165) is 17.1 Å². The van der Waals surface area contributed by atoms with Crippen LogP contribution in [0.1, 0.15) is 11.4 Å². The van der Waals surface area contributed by atoms with Crippen LogP contribution >= 0.6 is 35.4 Å². The predicted molar refractivity (Wildman–Crippen MR) is 130 cm³/mol. The molecule has 1 aromatic heterocycles. The number of anilines is 1. The molecule has 0 radical (unpaired) electrons. The van der Waals surface area contributed by atoms with E-state index >= 15 is 0 Å². The number of carbonyl (C=O) groups is 2. The first-order valence-corrected chi connectivity index (χ1v) is 10.7. The lowest BCUT2D eigenvalue weighted by Gasteiger charge is -2.29. The number of halogens is 2. The van der Waals surface area contributed by atoms with Crippen LogP contribution in [0.5, 0.6) is 5.75 Å². The van der Waals surface area contributed by atoms with E-state index in [2.05, 4.69) is 5.32 Å². The second kappa shape index (κ2) is 8.78. The zero-order valence-electron chi connectivity index (χ0n) is 17.1. The molecule has 9 heteroatoms. The number of amides is 2. The van der Waals surface area contributed by atoms with E-state index < -0.39 is 11.8 Å². The molecule has 32 heavy (non-hydrogen) atoms. The topological polar surface area (TPSA) is 63.6 Å². The van der Waals surface area contributed by atoms with E-state index in [4.69, 9.17) is 40.2 Å². The number of carbonyl (C=O) groups excluding carboxylic acids is 2. The Morgan fingerprint density at radius 2 is 1.75 bits per heavy atom. The number of rotatable bonds is 4. The van der Waals surface area contributed by atoms with Gasteiger partial charge in [-0.2, -0.15) is 0 Å². The molecule has 0 bridgehead atoms. The summed E-state index contributed by atoms with van der Waals surface area (Å²) >= 11 is 17.7. The van der Waals surface area contributed by atoms with Crippen LogP contribution < -0.4 is 15.0 Å². The molecule has 3 aromatic rings. The van der Waals surface area contributed by atoms with Crippen LogP contribution in [0.4, 0.5) is 5.69 Å². The van der Waals surface area contributed by atoms with Crippen molar-refractivity contribution in [3.63, 3.8) is 0 Å². The molecule has 0 atom stereocenters. The Balaban J connectivity index is 1.78. The van der Waals surface area contributed by atoms with Crippen molar-refractivity contribution in [3.8, 4) is 11.4 Å². The number of hydrogen-bond donors (Lipinski definition) is 1. The van der Waals surface area contributed by atoms with Crippen molar-refractivity contribution in [2.75, 3.05) is 12.0 Å². The summed E-state index contributed by atoms with van der Waals surface area (Å²) in [6.07, 6.45) is 1.53. The molecule has 1 fully saturated rings. The fourth-order valence-corrected chi connectivity index (χ4v) is 4.10. The number of ether oxygens (including phenoxy) is 1. The first-order chi connectivity index (χ1) is 15.3. The quantitative estimate of drug-likeness (QED) is 0.323. The maximum absolute atomic E-state index is 13.3. The molecular formula is C23H17Cl2N3O3S. The average Bonchev–Trinajstić information content (AvgIpc) is 3.14. The van der Waals surface area contributed by atoms with Crippen molar-refractivity contribution in [1.82, 2.24) is 9.88 Å². The molecule has 162 valence electrons. The number of nitrogens with zero attached hydrogens (tertiary/aromatic N) is 2. The van der Waals surface area contributed by atoms with E-state index in [-0.39, 0.29) is 20.7 Å². The molecule has 6 nitrogen and oxygen atoms in total. The van der Waals surface area contributed by atoms with E-state index in [9.17, 15) is 9.59 Å². The largest absolute Gasteiger partial charge is 0.497 e. The molecule has 2 amide bonds. The molecule has 1 saturated heterocycles. The van der Waals surface area contributed by atoms with Gasteiger partial charge in [0.25, 0.3) is 11.8 Å². The number of aromatic nitrogens is 1. The molecule has 1 aliphatic heterocycles. The van der Waals surface area contributed by atoms with Crippen molar-refractivity contribution in [2.45, 2.75) is 6.92 Å². The third-order valence-corrected chi connectivity index (χ3v) is 6.10. The number of thiocarbonyl (C=S) groups is 1. The van der Waals surface area contributed by atoms with Gasteiger partial charge >= 0.3 is 0 Å². The molecule has 1 N–H and O–H groups in total. The zero-order valence-corrected chi connectivity index (χ0v) is 19.4. The Hall–Kier alpha value is -3.13. The third-order valence-electron chi connectivity index (χ3n) is 5.00. The maximum atomic E-state index is 13.3. The monoisotopic (exact) mass is 485 g/mol. The molecule has 4 rings (SSSR count). The standard InChI is InChI=1S/C23H17Cl2N3O3S/c1-13-6-7-15(27(13)14-8-10-16(31-2)11-9-14)12-17-21(29)26-23(32)28(22(17)30)19-5-3-4-18(24)20(19)25/h3-12H,1-2H3,(H,26,29,32)/b17-12+. The highest BCUT2D eigenvalue weighted by molar-refractivity contribution is 7.80. The van der Waals surface area contributed by atoms with Crippen molar-refractivity contribution in [3.05, 3.63) is 81.6 Å². The summed E-state index contributed by atoms with van der Waals surface area (Å²) in [7, 11) is 1.60. The Morgan fingerprint density at radius 3 is 2.44 bits per heavy atom. The van der Waals surface area contributed by atoms with E-state index in [0.29, 0.717) is 11.4 Å². The second-order valence-electron chi connectivity index (χ2n) is 6.96. The van der Waals surface area contributed by atoms with Gasteiger partial charge in [0, 0.05) is 17.1 Å². The Labute approximate surface area is 200 Å². The van der Waals surface area contributed by atoms with Gasteiger partial charge in [-0.3, -0.25) is 19.8 Å². The van der Waals surface area contributed by atoms with Crippen LogP contribution in [0.15, 0.2) is 60.2 Å². The van der Waals surface area contributed by atoms with E-state index in [1.807, 2.05) is 47.9 Å². The lowest BCUT2D eigenvalue weighted by molar-refractivity contribution is -0.122. The fourth-order valence-electron chi connectivity index (χ4n) is 3.44. The van der Waals surface area contributed by atoms with Gasteiger partial charge in [-0.05, 0) is 73.7 Å². The summed E-state index contributed by atoms with van der Waals surface area (Å²) in [5, 5.41) is 2.93. The Bertz CT molecular complexity index is 1280. The van der Waals surface area contributed by atoms with Crippen molar-refractivity contribution in [1.29, 1.82) is 0 Å².